The molecule has 3 heterocycles. The minimum absolute atomic E-state index is 0.0300. The lowest BCUT2D eigenvalue weighted by atomic mass is 9.86. The van der Waals surface area contributed by atoms with E-state index in [1.54, 1.807) is 58.0 Å². The maximum absolute atomic E-state index is 17.8. The van der Waals surface area contributed by atoms with Crippen molar-refractivity contribution < 1.29 is 55.7 Å². The van der Waals surface area contributed by atoms with Gasteiger partial charge in [0.2, 0.25) is 27.7 Å². The van der Waals surface area contributed by atoms with Gasteiger partial charge in [-0.25, -0.2) is 13.2 Å². The molecule has 2 saturated carbocycles. The van der Waals surface area contributed by atoms with E-state index in [0.29, 0.717) is 42.2 Å². The molecule has 60 heavy (non-hydrogen) atoms. The predicted octanol–water partition coefficient (Wildman–Crippen LogP) is 6.01. The summed E-state index contributed by atoms with van der Waals surface area (Å²) in [4.78, 5) is 62.4. The second-order valence-corrected chi connectivity index (χ2v) is 19.7. The maximum atomic E-state index is 17.8. The van der Waals surface area contributed by atoms with Gasteiger partial charge in [-0.05, 0) is 108 Å². The first-order chi connectivity index (χ1) is 28.1. The van der Waals surface area contributed by atoms with E-state index >= 15 is 13.6 Å². The van der Waals surface area contributed by atoms with Gasteiger partial charge < -0.3 is 24.6 Å². The molecule has 2 aromatic rings. The predicted molar refractivity (Wildman–Crippen MR) is 217 cm³/mol. The van der Waals surface area contributed by atoms with Crippen molar-refractivity contribution in [3.63, 3.8) is 0 Å². The quantitative estimate of drug-likeness (QED) is 0.177. The number of carboxylic acid groups (broad SMARTS) is 1. The third kappa shape index (κ3) is 8.07. The van der Waals surface area contributed by atoms with E-state index < -0.39 is 92.2 Å². The van der Waals surface area contributed by atoms with Crippen LogP contribution in [0.15, 0.2) is 36.4 Å². The van der Waals surface area contributed by atoms with Crippen molar-refractivity contribution in [2.45, 2.75) is 140 Å². The number of benzene rings is 1. The van der Waals surface area contributed by atoms with Gasteiger partial charge in [0, 0.05) is 29.8 Å². The van der Waals surface area contributed by atoms with E-state index in [0.717, 1.165) is 11.8 Å². The summed E-state index contributed by atoms with van der Waals surface area (Å²) in [6.45, 7) is 11.3. The molecule has 2 aliphatic carbocycles. The number of amides is 4. The van der Waals surface area contributed by atoms with Gasteiger partial charge in [0.1, 0.15) is 23.4 Å². The monoisotopic (exact) mass is 861 g/mol. The summed E-state index contributed by atoms with van der Waals surface area (Å²) >= 11 is 0. The largest absolute Gasteiger partial charge is 0.497 e. The van der Waals surface area contributed by atoms with Gasteiger partial charge in [-0.3, -0.25) is 28.9 Å². The van der Waals surface area contributed by atoms with Gasteiger partial charge in [0.05, 0.1) is 18.5 Å². The number of hydrogen-bond acceptors (Lipinski definition) is 10. The van der Waals surface area contributed by atoms with Gasteiger partial charge in [-0.2, -0.15) is 13.8 Å². The Balaban J connectivity index is 1.50. The van der Waals surface area contributed by atoms with E-state index in [2.05, 4.69) is 15.0 Å². The number of hydrogen-bond donors (Lipinski definition) is 3. The van der Waals surface area contributed by atoms with Crippen molar-refractivity contribution in [2.75, 3.05) is 13.7 Å². The highest BCUT2D eigenvalue weighted by Gasteiger charge is 2.71. The number of halogens is 2. The van der Waals surface area contributed by atoms with E-state index in [1.807, 2.05) is 13.0 Å². The van der Waals surface area contributed by atoms with Gasteiger partial charge >= 0.3 is 12.1 Å². The number of allylic oxidation sites excluding steroid dienone is 1. The third-order valence-electron chi connectivity index (χ3n) is 12.9. The van der Waals surface area contributed by atoms with E-state index in [-0.39, 0.29) is 48.4 Å². The first-order valence-corrected chi connectivity index (χ1v) is 22.1. The molecule has 3 N–H and O–H groups in total. The fourth-order valence-corrected chi connectivity index (χ4v) is 9.92. The lowest BCUT2D eigenvalue weighted by Crippen LogP contribution is -2.64. The topological polar surface area (TPSA) is 194 Å². The van der Waals surface area contributed by atoms with Crippen LogP contribution in [-0.2, 0) is 24.4 Å². The molecule has 4 aliphatic rings. The van der Waals surface area contributed by atoms with Crippen molar-refractivity contribution in [1.29, 1.82) is 0 Å². The number of methoxy groups -OCH3 is 1. The Hall–Kier alpha value is -4.74. The molecule has 18 heteroatoms. The van der Waals surface area contributed by atoms with Crippen molar-refractivity contribution in [3.05, 3.63) is 36.4 Å². The van der Waals surface area contributed by atoms with Crippen LogP contribution in [0.3, 0.4) is 0 Å². The molecule has 0 spiro atoms. The van der Waals surface area contributed by atoms with Crippen molar-refractivity contribution in [1.82, 2.24) is 24.8 Å². The normalized spacial score (nSPS) is 31.0. The second kappa shape index (κ2) is 16.3. The summed E-state index contributed by atoms with van der Waals surface area (Å²) in [6, 6.07) is -2.41. The van der Waals surface area contributed by atoms with Crippen LogP contribution in [0.25, 0.3) is 10.8 Å². The number of sulfonamides is 1. The summed E-state index contributed by atoms with van der Waals surface area (Å²) in [6.07, 6.45) is 3.48. The Morgan fingerprint density at radius 2 is 1.83 bits per heavy atom. The Morgan fingerprint density at radius 3 is 2.45 bits per heavy atom. The Labute approximate surface area is 349 Å². The number of aromatic nitrogens is 1. The Bertz CT molecular complexity index is 2170. The zero-order chi connectivity index (χ0) is 44.2. The van der Waals surface area contributed by atoms with Gasteiger partial charge in [0.15, 0.2) is 5.60 Å². The molecule has 1 saturated heterocycles. The first-order valence-electron chi connectivity index (χ1n) is 20.7. The molecule has 1 aromatic heterocycles. The van der Waals surface area contributed by atoms with Crippen LogP contribution in [-0.4, -0.2) is 106 Å². The van der Waals surface area contributed by atoms with Crippen LogP contribution >= 0.6 is 0 Å². The molecule has 0 bridgehead atoms. The van der Waals surface area contributed by atoms with Crippen molar-refractivity contribution in [3.8, 4) is 17.5 Å². The molecule has 3 fully saturated rings. The summed E-state index contributed by atoms with van der Waals surface area (Å²) in [5.41, 5.74) is -4.53. The van der Waals surface area contributed by atoms with E-state index in [4.69, 9.17) is 14.2 Å². The van der Waals surface area contributed by atoms with Crippen LogP contribution in [0.2, 0.25) is 0 Å². The standard InChI is InChI=1S/C42H57F2N5O10S/c1-9-26(5)48(38(53)54)33-25(4)19-24(3)13-11-12-14-28-22-41(28,37(52)47-60(55,56)39(6)17-18-39)46-34(50)31-23-40(7,42(43,44)49(31)36(33)51)59-35-30-16-15-29(57-8)20-27(30)21-32(45-35)58-10-2/h12,14-16,20-21,24-26,28,31,33H,9-11,13,17-19,22-23H2,1-8H3,(H,46,50)(H,47,52)(H,53,54)/b14-12-/t24-,25-,26?,28-,31+,33+,40-,41-/m1/s1. The highest BCUT2D eigenvalue weighted by Crippen LogP contribution is 2.52. The number of ether oxygens (including phenoxy) is 3. The molecule has 1 unspecified atom stereocenters. The molecular weight excluding hydrogens is 805 g/mol. The average molecular weight is 862 g/mol. The number of nitrogens with one attached hydrogen (secondary N) is 2. The summed E-state index contributed by atoms with van der Waals surface area (Å²) in [7, 11) is -2.71. The number of rotatable bonds is 11. The molecule has 4 amide bonds. The van der Waals surface area contributed by atoms with E-state index in [9.17, 15) is 27.9 Å². The van der Waals surface area contributed by atoms with Crippen LogP contribution in [0.4, 0.5) is 13.6 Å². The third-order valence-corrected chi connectivity index (χ3v) is 15.1. The molecule has 330 valence electrons. The number of nitrogens with zero attached hydrogens (tertiary/aromatic N) is 3. The van der Waals surface area contributed by atoms with Gasteiger partial charge in [0.25, 0.3) is 11.8 Å². The summed E-state index contributed by atoms with van der Waals surface area (Å²) < 4.78 is 80.3. The van der Waals surface area contributed by atoms with Crippen molar-refractivity contribution in [2.24, 2.45) is 17.8 Å². The van der Waals surface area contributed by atoms with Gasteiger partial charge in [-0.1, -0.05) is 32.9 Å². The maximum Gasteiger partial charge on any atom is 0.408 e. The molecule has 15 nitrogen and oxygen atoms in total. The second-order valence-electron chi connectivity index (χ2n) is 17.5. The molecule has 1 aromatic carbocycles. The highest BCUT2D eigenvalue weighted by atomic mass is 32.2. The minimum Gasteiger partial charge on any atom is -0.497 e. The van der Waals surface area contributed by atoms with Crippen LogP contribution in [0.1, 0.15) is 99.8 Å². The highest BCUT2D eigenvalue weighted by molar-refractivity contribution is 7.91. The average Bonchev–Trinajstić information content (AvgIpc) is 4.08. The van der Waals surface area contributed by atoms with Crippen LogP contribution < -0.4 is 24.2 Å². The first kappa shape index (κ1) is 44.8. The summed E-state index contributed by atoms with van der Waals surface area (Å²) in [5, 5.41) is 14.0. The molecule has 2 aliphatic heterocycles. The number of pyridine rings is 1. The van der Waals surface area contributed by atoms with Crippen LogP contribution in [0.5, 0.6) is 17.5 Å². The zero-order valence-electron chi connectivity index (χ0n) is 35.4. The SMILES string of the molecule is CCOc1cc2cc(OC)ccc2c(O[C@]2(C)C[C@H]3C(=O)N[C@]4(C(=O)NS(=O)(=O)C5(C)CC5)C[C@H]4/C=C\CC[C@@H](C)C[C@@H](C)[C@H](N(C(=O)O)C(C)CC)C(=O)N3C2(F)F)n1. The molecule has 6 rings (SSSR count). The minimum atomic E-state index is -4.31. The van der Waals surface area contributed by atoms with E-state index in [1.165, 1.54) is 14.0 Å². The number of alkyl halides is 2. The molecule has 8 atom stereocenters. The number of carbonyl (C=O) groups is 4. The smallest absolute Gasteiger partial charge is 0.408 e. The van der Waals surface area contributed by atoms with Crippen LogP contribution in [0, 0.1) is 17.8 Å². The fourth-order valence-electron chi connectivity index (χ4n) is 8.61. The Kier molecular flexibility index (Phi) is 12.1. The lowest BCUT2D eigenvalue weighted by molar-refractivity contribution is -0.219. The summed E-state index contributed by atoms with van der Waals surface area (Å²) in [5.74, 6) is -4.86. The van der Waals surface area contributed by atoms with Crippen molar-refractivity contribution >= 4 is 44.6 Å². The number of carbonyl (C=O) groups excluding carboxylic acids is 3. The molecular formula is C42H57F2N5O10S. The lowest BCUT2D eigenvalue weighted by Gasteiger charge is -2.42. The number of fused-ring (bicyclic) bond motifs is 3. The Morgan fingerprint density at radius 1 is 1.13 bits per heavy atom. The molecule has 0 radical (unpaired) electrons. The van der Waals surface area contributed by atoms with Gasteiger partial charge in [-0.15, -0.1) is 0 Å². The zero-order valence-corrected chi connectivity index (χ0v) is 36.2. The fraction of sp³-hybridized carbons (Fsp3) is 0.643.